The average Bonchev–Trinajstić information content (AvgIpc) is 3.25. The van der Waals surface area contributed by atoms with E-state index >= 15 is 0 Å². The van der Waals surface area contributed by atoms with Gasteiger partial charge in [-0.25, -0.2) is 0 Å². The maximum atomic E-state index is 11.0. The minimum Gasteiger partial charge on any atom is -0.464 e. The Morgan fingerprint density at radius 2 is 1.18 bits per heavy atom. The zero-order valence-electron chi connectivity index (χ0n) is 17.3. The van der Waals surface area contributed by atoms with Crippen molar-refractivity contribution >= 4 is 5.69 Å². The number of hydrogen-bond acceptors (Lipinski definition) is 4. The van der Waals surface area contributed by atoms with Crippen LogP contribution in [-0.4, -0.2) is 4.92 Å². The predicted molar refractivity (Wildman–Crippen MR) is 109 cm³/mol. The fraction of sp³-hybridized carbons (Fsp3) is 0.391. The Hall–Kier alpha value is -2.82. The van der Waals surface area contributed by atoms with Crippen LogP contribution in [-0.2, 0) is 10.8 Å². The zero-order chi connectivity index (χ0) is 20.7. The van der Waals surface area contributed by atoms with Crippen LogP contribution in [0.5, 0.6) is 0 Å². The van der Waals surface area contributed by atoms with Gasteiger partial charge in [-0.05, 0) is 29.8 Å². The van der Waals surface area contributed by atoms with Crippen LogP contribution in [0, 0.1) is 10.1 Å². The molecule has 0 unspecified atom stereocenters. The number of nitro benzene ring substituents is 1. The van der Waals surface area contributed by atoms with E-state index in [4.69, 9.17) is 8.83 Å². The van der Waals surface area contributed by atoms with Gasteiger partial charge in [0.1, 0.15) is 29.0 Å². The second-order valence-electron chi connectivity index (χ2n) is 9.19. The fourth-order valence-corrected chi connectivity index (χ4v) is 3.08. The Balaban J connectivity index is 2.09. The third-order valence-corrected chi connectivity index (χ3v) is 4.74. The van der Waals surface area contributed by atoms with E-state index in [9.17, 15) is 10.1 Å². The van der Waals surface area contributed by atoms with Crippen LogP contribution in [0.15, 0.2) is 57.4 Å². The fourth-order valence-electron chi connectivity index (χ4n) is 3.08. The van der Waals surface area contributed by atoms with Crippen molar-refractivity contribution in [2.24, 2.45) is 0 Å². The first-order valence-corrected chi connectivity index (χ1v) is 9.41. The molecule has 0 aliphatic rings. The van der Waals surface area contributed by atoms with Gasteiger partial charge in [0.2, 0.25) is 0 Å². The molecule has 0 fully saturated rings. The van der Waals surface area contributed by atoms with Crippen molar-refractivity contribution in [3.05, 3.63) is 87.2 Å². The van der Waals surface area contributed by atoms with E-state index < -0.39 is 4.92 Å². The Morgan fingerprint density at radius 1 is 0.750 bits per heavy atom. The number of nitrogens with zero attached hydrogens (tertiary/aromatic N) is 1. The van der Waals surface area contributed by atoms with Crippen LogP contribution in [0.2, 0.25) is 0 Å². The van der Waals surface area contributed by atoms with Crippen molar-refractivity contribution in [1.82, 2.24) is 0 Å². The lowest BCUT2D eigenvalue weighted by Gasteiger charge is -2.18. The first-order chi connectivity index (χ1) is 13.0. The van der Waals surface area contributed by atoms with E-state index in [-0.39, 0.29) is 22.4 Å². The molecule has 0 atom stereocenters. The SMILES string of the molecule is CC(C)(C)c1ccc(C(c2ccc([N+](=O)[O-])cc2)c2ccc(C(C)(C)C)o2)o1. The molecule has 0 aliphatic carbocycles. The van der Waals surface area contributed by atoms with Crippen molar-refractivity contribution < 1.29 is 13.8 Å². The maximum Gasteiger partial charge on any atom is 0.269 e. The lowest BCUT2D eigenvalue weighted by Crippen LogP contribution is -2.10. The molecule has 5 nitrogen and oxygen atoms in total. The van der Waals surface area contributed by atoms with Gasteiger partial charge in [0.25, 0.3) is 5.69 Å². The summed E-state index contributed by atoms with van der Waals surface area (Å²) < 4.78 is 12.4. The molecule has 3 rings (SSSR count). The number of hydrogen-bond donors (Lipinski definition) is 0. The Morgan fingerprint density at radius 3 is 1.50 bits per heavy atom. The lowest BCUT2D eigenvalue weighted by molar-refractivity contribution is -0.384. The highest BCUT2D eigenvalue weighted by Crippen LogP contribution is 2.38. The molecule has 0 spiro atoms. The molecule has 0 bridgehead atoms. The number of rotatable bonds is 4. The van der Waals surface area contributed by atoms with E-state index in [2.05, 4.69) is 41.5 Å². The largest absolute Gasteiger partial charge is 0.464 e. The number of furan rings is 2. The molecule has 2 heterocycles. The lowest BCUT2D eigenvalue weighted by atomic mass is 9.93. The molecule has 0 saturated heterocycles. The topological polar surface area (TPSA) is 69.4 Å². The van der Waals surface area contributed by atoms with Crippen LogP contribution in [0.25, 0.3) is 0 Å². The monoisotopic (exact) mass is 381 g/mol. The summed E-state index contributed by atoms with van der Waals surface area (Å²) in [6, 6.07) is 14.5. The molecular formula is C23H27NO4. The van der Waals surface area contributed by atoms with Gasteiger partial charge >= 0.3 is 0 Å². The average molecular weight is 381 g/mol. The van der Waals surface area contributed by atoms with E-state index in [1.807, 2.05) is 24.3 Å². The summed E-state index contributed by atoms with van der Waals surface area (Å²) in [5, 5.41) is 11.0. The molecule has 5 heteroatoms. The Kier molecular flexibility index (Phi) is 4.96. The van der Waals surface area contributed by atoms with Gasteiger partial charge in [-0.1, -0.05) is 53.7 Å². The smallest absolute Gasteiger partial charge is 0.269 e. The highest BCUT2D eigenvalue weighted by atomic mass is 16.6. The van der Waals surface area contributed by atoms with Gasteiger partial charge < -0.3 is 8.83 Å². The highest BCUT2D eigenvalue weighted by Gasteiger charge is 2.28. The minimum absolute atomic E-state index is 0.0622. The van der Waals surface area contributed by atoms with Gasteiger partial charge in [0, 0.05) is 23.0 Å². The van der Waals surface area contributed by atoms with Gasteiger partial charge in [0.15, 0.2) is 0 Å². The van der Waals surface area contributed by atoms with Crippen molar-refractivity contribution in [2.45, 2.75) is 58.3 Å². The van der Waals surface area contributed by atoms with Crippen molar-refractivity contribution in [1.29, 1.82) is 0 Å². The van der Waals surface area contributed by atoms with Crippen molar-refractivity contribution in [3.63, 3.8) is 0 Å². The van der Waals surface area contributed by atoms with Crippen LogP contribution >= 0.6 is 0 Å². The van der Waals surface area contributed by atoms with E-state index in [1.165, 1.54) is 12.1 Å². The van der Waals surface area contributed by atoms with E-state index in [0.29, 0.717) is 0 Å². The zero-order valence-corrected chi connectivity index (χ0v) is 17.3. The molecule has 0 radical (unpaired) electrons. The third-order valence-electron chi connectivity index (χ3n) is 4.74. The second-order valence-corrected chi connectivity index (χ2v) is 9.19. The van der Waals surface area contributed by atoms with Gasteiger partial charge in [0.05, 0.1) is 4.92 Å². The van der Waals surface area contributed by atoms with Crippen LogP contribution < -0.4 is 0 Å². The first-order valence-electron chi connectivity index (χ1n) is 9.41. The summed E-state index contributed by atoms with van der Waals surface area (Å²) in [6.45, 7) is 12.6. The van der Waals surface area contributed by atoms with Gasteiger partial charge in [-0.15, -0.1) is 0 Å². The molecule has 28 heavy (non-hydrogen) atoms. The summed E-state index contributed by atoms with van der Waals surface area (Å²) in [5.41, 5.74) is 0.720. The van der Waals surface area contributed by atoms with Crippen molar-refractivity contribution in [3.8, 4) is 0 Å². The van der Waals surface area contributed by atoms with Crippen LogP contribution in [0.3, 0.4) is 0 Å². The maximum absolute atomic E-state index is 11.0. The Labute approximate surface area is 165 Å². The number of benzene rings is 1. The second kappa shape index (κ2) is 6.97. The van der Waals surface area contributed by atoms with Crippen LogP contribution in [0.1, 0.15) is 76.1 Å². The van der Waals surface area contributed by atoms with Gasteiger partial charge in [-0.3, -0.25) is 10.1 Å². The molecular weight excluding hydrogens is 354 g/mol. The quantitative estimate of drug-likeness (QED) is 0.379. The predicted octanol–water partition coefficient (Wildman–Crippen LogP) is 6.56. The number of nitro groups is 1. The molecule has 2 aromatic heterocycles. The normalized spacial score (nSPS) is 12.5. The summed E-state index contributed by atoms with van der Waals surface area (Å²) >= 11 is 0. The summed E-state index contributed by atoms with van der Waals surface area (Å²) in [5.74, 6) is 3.02. The first kappa shape index (κ1) is 19.9. The standard InChI is InChI=1S/C23H27NO4/c1-22(2,3)19-13-11-17(27-19)21(15-7-9-16(10-8-15)24(25)26)18-12-14-20(28-18)23(4,5)6/h7-14,21H,1-6H3. The summed E-state index contributed by atoms with van der Waals surface area (Å²) in [7, 11) is 0. The summed E-state index contributed by atoms with van der Waals surface area (Å²) in [4.78, 5) is 10.6. The van der Waals surface area contributed by atoms with Crippen molar-refractivity contribution in [2.75, 3.05) is 0 Å². The molecule has 3 aromatic rings. The summed E-state index contributed by atoms with van der Waals surface area (Å²) in [6.07, 6.45) is 0. The van der Waals surface area contributed by atoms with E-state index in [0.717, 1.165) is 28.6 Å². The number of non-ortho nitro benzene ring substituents is 1. The molecule has 0 amide bonds. The van der Waals surface area contributed by atoms with Gasteiger partial charge in [-0.2, -0.15) is 0 Å². The third kappa shape index (κ3) is 4.03. The highest BCUT2D eigenvalue weighted by molar-refractivity contribution is 5.41. The molecule has 1 aromatic carbocycles. The molecule has 0 saturated carbocycles. The Bertz CT molecular complexity index is 913. The van der Waals surface area contributed by atoms with Crippen LogP contribution in [0.4, 0.5) is 5.69 Å². The molecule has 0 N–H and O–H groups in total. The molecule has 148 valence electrons. The molecule has 0 aliphatic heterocycles. The minimum atomic E-state index is -0.395. The van der Waals surface area contributed by atoms with E-state index in [1.54, 1.807) is 12.1 Å².